The second-order valence-corrected chi connectivity index (χ2v) is 6.16. The van der Waals surface area contributed by atoms with Crippen LogP contribution in [-0.2, 0) is 11.2 Å². The number of carbonyl (C=O) groups is 1. The van der Waals surface area contributed by atoms with Gasteiger partial charge in [0, 0.05) is 5.02 Å². The number of hydrogen-bond donors (Lipinski definition) is 1. The Morgan fingerprint density at radius 2 is 1.84 bits per heavy atom. The van der Waals surface area contributed by atoms with Crippen LogP contribution < -0.4 is 10.2 Å². The standard InChI is InChI=1S/C20H23ClN2O2/c1-2-3-4-13-25-19-11-7-17(8-12-19)15-22-23-20(24)14-16-5-9-18(21)10-6-16/h5-12,15H,2-4,13-14H2,1H3,(H,23,24)/b22-15-. The fourth-order valence-corrected chi connectivity index (χ4v) is 2.32. The van der Waals surface area contributed by atoms with Gasteiger partial charge >= 0.3 is 0 Å². The molecule has 5 heteroatoms. The Hall–Kier alpha value is -2.33. The molecule has 0 aliphatic heterocycles. The molecule has 0 aromatic heterocycles. The second-order valence-electron chi connectivity index (χ2n) is 5.72. The number of ether oxygens (including phenoxy) is 1. The molecule has 0 radical (unpaired) electrons. The van der Waals surface area contributed by atoms with Crippen molar-refractivity contribution in [3.63, 3.8) is 0 Å². The molecule has 0 saturated heterocycles. The average Bonchev–Trinajstić information content (AvgIpc) is 2.62. The normalized spacial score (nSPS) is 10.8. The highest BCUT2D eigenvalue weighted by atomic mass is 35.5. The quantitative estimate of drug-likeness (QED) is 0.404. The minimum absolute atomic E-state index is 0.172. The zero-order chi connectivity index (χ0) is 17.9. The molecule has 1 amide bonds. The predicted molar refractivity (Wildman–Crippen MR) is 102 cm³/mol. The van der Waals surface area contributed by atoms with E-state index in [1.807, 2.05) is 36.4 Å². The van der Waals surface area contributed by atoms with Gasteiger partial charge in [0.15, 0.2) is 0 Å². The summed E-state index contributed by atoms with van der Waals surface area (Å²) in [5, 5.41) is 4.63. The van der Waals surface area contributed by atoms with Crippen LogP contribution in [0.15, 0.2) is 53.6 Å². The topological polar surface area (TPSA) is 50.7 Å². The van der Waals surface area contributed by atoms with Crippen molar-refractivity contribution in [2.24, 2.45) is 5.10 Å². The zero-order valence-corrected chi connectivity index (χ0v) is 15.1. The number of halogens is 1. The molecule has 132 valence electrons. The molecule has 0 saturated carbocycles. The number of benzene rings is 2. The van der Waals surface area contributed by atoms with Gasteiger partial charge in [-0.15, -0.1) is 0 Å². The lowest BCUT2D eigenvalue weighted by atomic mass is 10.1. The van der Waals surface area contributed by atoms with E-state index in [-0.39, 0.29) is 12.3 Å². The molecule has 1 N–H and O–H groups in total. The minimum atomic E-state index is -0.172. The van der Waals surface area contributed by atoms with Crippen molar-refractivity contribution in [3.05, 3.63) is 64.7 Å². The maximum atomic E-state index is 11.8. The lowest BCUT2D eigenvalue weighted by Crippen LogP contribution is -2.19. The molecule has 0 aliphatic rings. The Morgan fingerprint density at radius 1 is 1.12 bits per heavy atom. The van der Waals surface area contributed by atoms with Crippen LogP contribution in [0, 0.1) is 0 Å². The molecule has 25 heavy (non-hydrogen) atoms. The molecule has 0 atom stereocenters. The number of nitrogens with zero attached hydrogens (tertiary/aromatic N) is 1. The van der Waals surface area contributed by atoms with Gasteiger partial charge in [0.25, 0.3) is 0 Å². The number of rotatable bonds is 9. The van der Waals surface area contributed by atoms with Crippen molar-refractivity contribution >= 4 is 23.7 Å². The summed E-state index contributed by atoms with van der Waals surface area (Å²) in [7, 11) is 0. The SMILES string of the molecule is CCCCCOc1ccc(/C=N\NC(=O)Cc2ccc(Cl)cc2)cc1. The molecule has 2 rings (SSSR count). The van der Waals surface area contributed by atoms with Gasteiger partial charge in [0.05, 0.1) is 19.2 Å². The fourth-order valence-electron chi connectivity index (χ4n) is 2.20. The van der Waals surface area contributed by atoms with E-state index in [1.165, 1.54) is 12.8 Å². The first kappa shape index (κ1) is 19.0. The van der Waals surface area contributed by atoms with Crippen molar-refractivity contribution in [2.45, 2.75) is 32.6 Å². The van der Waals surface area contributed by atoms with E-state index in [2.05, 4.69) is 17.5 Å². The van der Waals surface area contributed by atoms with Crippen LogP contribution >= 0.6 is 11.6 Å². The molecule has 4 nitrogen and oxygen atoms in total. The number of nitrogens with one attached hydrogen (secondary N) is 1. The maximum absolute atomic E-state index is 11.8. The van der Waals surface area contributed by atoms with Crippen LogP contribution in [0.4, 0.5) is 0 Å². The van der Waals surface area contributed by atoms with Gasteiger partial charge in [-0.25, -0.2) is 5.43 Å². The lowest BCUT2D eigenvalue weighted by Gasteiger charge is -2.05. The summed E-state index contributed by atoms with van der Waals surface area (Å²) in [6, 6.07) is 14.8. The third-order valence-electron chi connectivity index (χ3n) is 3.58. The van der Waals surface area contributed by atoms with E-state index in [0.717, 1.165) is 29.9 Å². The van der Waals surface area contributed by atoms with Crippen molar-refractivity contribution in [1.82, 2.24) is 5.43 Å². The highest BCUT2D eigenvalue weighted by molar-refractivity contribution is 6.30. The summed E-state index contributed by atoms with van der Waals surface area (Å²) in [4.78, 5) is 11.8. The summed E-state index contributed by atoms with van der Waals surface area (Å²) in [6.07, 6.45) is 5.31. The van der Waals surface area contributed by atoms with Gasteiger partial charge in [-0.05, 0) is 53.9 Å². The molecular weight excluding hydrogens is 336 g/mol. The lowest BCUT2D eigenvalue weighted by molar-refractivity contribution is -0.120. The third-order valence-corrected chi connectivity index (χ3v) is 3.83. The monoisotopic (exact) mass is 358 g/mol. The summed E-state index contributed by atoms with van der Waals surface area (Å²) >= 11 is 5.82. The molecule has 0 spiro atoms. The number of amides is 1. The number of hydrogen-bond acceptors (Lipinski definition) is 3. The summed E-state index contributed by atoms with van der Waals surface area (Å²) in [5.74, 6) is 0.675. The van der Waals surface area contributed by atoms with Crippen molar-refractivity contribution in [3.8, 4) is 5.75 Å². The number of carbonyl (C=O) groups excluding carboxylic acids is 1. The van der Waals surface area contributed by atoms with Crippen LogP contribution in [0.3, 0.4) is 0 Å². The van der Waals surface area contributed by atoms with Crippen molar-refractivity contribution in [2.75, 3.05) is 6.61 Å². The van der Waals surface area contributed by atoms with E-state index in [4.69, 9.17) is 16.3 Å². The molecule has 0 aliphatic carbocycles. The largest absolute Gasteiger partial charge is 0.494 e. The molecule has 2 aromatic rings. The predicted octanol–water partition coefficient (Wildman–Crippen LogP) is 4.60. The molecular formula is C20H23ClN2O2. The van der Waals surface area contributed by atoms with Crippen molar-refractivity contribution in [1.29, 1.82) is 0 Å². The maximum Gasteiger partial charge on any atom is 0.244 e. The van der Waals surface area contributed by atoms with Gasteiger partial charge in [0.1, 0.15) is 5.75 Å². The molecule has 2 aromatic carbocycles. The highest BCUT2D eigenvalue weighted by Gasteiger charge is 2.01. The van der Waals surface area contributed by atoms with E-state index in [0.29, 0.717) is 5.02 Å². The smallest absolute Gasteiger partial charge is 0.244 e. The highest BCUT2D eigenvalue weighted by Crippen LogP contribution is 2.12. The van der Waals surface area contributed by atoms with E-state index >= 15 is 0 Å². The van der Waals surface area contributed by atoms with Crippen LogP contribution in [0.5, 0.6) is 5.75 Å². The average molecular weight is 359 g/mol. The molecule has 0 unspecified atom stereocenters. The van der Waals surface area contributed by atoms with Gasteiger partial charge in [-0.1, -0.05) is 43.5 Å². The summed E-state index contributed by atoms with van der Waals surface area (Å²) < 4.78 is 5.66. The summed E-state index contributed by atoms with van der Waals surface area (Å²) in [5.41, 5.74) is 4.31. The van der Waals surface area contributed by atoms with Gasteiger partial charge in [-0.3, -0.25) is 4.79 Å². The fraction of sp³-hybridized carbons (Fsp3) is 0.300. The van der Waals surface area contributed by atoms with Crippen molar-refractivity contribution < 1.29 is 9.53 Å². The zero-order valence-electron chi connectivity index (χ0n) is 14.4. The molecule has 0 heterocycles. The third kappa shape index (κ3) is 7.40. The number of hydrazone groups is 1. The first-order valence-electron chi connectivity index (χ1n) is 8.46. The van der Waals surface area contributed by atoms with E-state index in [9.17, 15) is 4.79 Å². The molecule has 0 fully saturated rings. The minimum Gasteiger partial charge on any atom is -0.494 e. The first-order valence-corrected chi connectivity index (χ1v) is 8.84. The Bertz CT molecular complexity index is 682. The summed E-state index contributed by atoms with van der Waals surface area (Å²) in [6.45, 7) is 2.91. The Kier molecular flexibility index (Phi) is 7.99. The second kappa shape index (κ2) is 10.5. The van der Waals surface area contributed by atoms with Crippen LogP contribution in [0.1, 0.15) is 37.3 Å². The van der Waals surface area contributed by atoms with Gasteiger partial charge in [0.2, 0.25) is 5.91 Å². The van der Waals surface area contributed by atoms with Crippen LogP contribution in [0.25, 0.3) is 0 Å². The Balaban J connectivity index is 1.75. The Morgan fingerprint density at radius 3 is 2.52 bits per heavy atom. The van der Waals surface area contributed by atoms with Crippen LogP contribution in [-0.4, -0.2) is 18.7 Å². The van der Waals surface area contributed by atoms with Gasteiger partial charge in [-0.2, -0.15) is 5.10 Å². The van der Waals surface area contributed by atoms with E-state index in [1.54, 1.807) is 18.3 Å². The molecule has 0 bridgehead atoms. The Labute approximate surface area is 153 Å². The van der Waals surface area contributed by atoms with Crippen LogP contribution in [0.2, 0.25) is 5.02 Å². The first-order chi connectivity index (χ1) is 12.2. The number of unbranched alkanes of at least 4 members (excludes halogenated alkanes) is 2. The van der Waals surface area contributed by atoms with Gasteiger partial charge < -0.3 is 4.74 Å². The van der Waals surface area contributed by atoms with E-state index < -0.39 is 0 Å².